The summed E-state index contributed by atoms with van der Waals surface area (Å²) < 4.78 is 5.39. The highest BCUT2D eigenvalue weighted by Gasteiger charge is 2.18. The molecule has 2 N–H and O–H groups in total. The van der Waals surface area contributed by atoms with Gasteiger partial charge >= 0.3 is 11.9 Å². The Hall–Kier alpha value is -4.50. The Morgan fingerprint density at radius 3 is 1.95 bits per heavy atom. The molecule has 8 nitrogen and oxygen atoms in total. The monoisotopic (exact) mass is 514 g/mol. The minimum absolute atomic E-state index is 0.00171. The van der Waals surface area contributed by atoms with Gasteiger partial charge in [0.2, 0.25) is 0 Å². The van der Waals surface area contributed by atoms with Crippen LogP contribution in [0.25, 0.3) is 0 Å². The number of ether oxygens (including phenoxy) is 1. The van der Waals surface area contributed by atoms with Crippen LogP contribution in [0.3, 0.4) is 0 Å². The fraction of sp³-hybridized carbons (Fsp3) is 0.133. The molecule has 0 aliphatic heterocycles. The smallest absolute Gasteiger partial charge is 0.344 e. The lowest BCUT2D eigenvalue weighted by Gasteiger charge is -2.10. The lowest BCUT2D eigenvalue weighted by atomic mass is 10.0. The number of esters is 1. The van der Waals surface area contributed by atoms with Gasteiger partial charge in [0.05, 0.1) is 11.1 Å². The van der Waals surface area contributed by atoms with E-state index in [2.05, 4.69) is 4.89 Å². The van der Waals surface area contributed by atoms with Crippen LogP contribution in [-0.4, -0.2) is 22.3 Å². The van der Waals surface area contributed by atoms with E-state index in [0.29, 0.717) is 17.9 Å². The molecule has 0 saturated carbocycles. The first kappa shape index (κ1) is 26.6. The number of aromatic carboxylic acids is 1. The summed E-state index contributed by atoms with van der Waals surface area (Å²) in [7, 11) is 0. The first-order valence-corrected chi connectivity index (χ1v) is 11.8. The zero-order valence-corrected chi connectivity index (χ0v) is 20.6. The van der Waals surface area contributed by atoms with Crippen molar-refractivity contribution in [3.63, 3.8) is 0 Å². The van der Waals surface area contributed by atoms with Crippen molar-refractivity contribution in [1.82, 2.24) is 0 Å². The number of carbonyl (C=O) groups excluding carboxylic acids is 1. The summed E-state index contributed by atoms with van der Waals surface area (Å²) in [6.07, 6.45) is 0.644. The maximum Gasteiger partial charge on any atom is 0.344 e. The first-order valence-electron chi connectivity index (χ1n) is 11.8. The molecule has 0 atom stereocenters. The second kappa shape index (κ2) is 12.6. The summed E-state index contributed by atoms with van der Waals surface area (Å²) in [6, 6.07) is 26.5. The van der Waals surface area contributed by atoms with Crippen molar-refractivity contribution >= 4 is 11.9 Å². The number of hydrogen-bond donors (Lipinski definition) is 2. The average Bonchev–Trinajstić information content (AvgIpc) is 2.92. The normalized spacial score (nSPS) is 10.7. The van der Waals surface area contributed by atoms with Crippen molar-refractivity contribution in [3.8, 4) is 11.5 Å². The van der Waals surface area contributed by atoms with E-state index in [4.69, 9.17) is 19.8 Å². The number of carbonyl (C=O) groups is 2. The van der Waals surface area contributed by atoms with Crippen LogP contribution in [0.1, 0.15) is 48.5 Å². The lowest BCUT2D eigenvalue weighted by Crippen LogP contribution is -2.14. The predicted octanol–water partition coefficient (Wildman–Crippen LogP) is 6.00. The minimum Gasteiger partial charge on any atom is -0.478 e. The third kappa shape index (κ3) is 7.04. The number of carboxylic acid groups (broad SMARTS) is 1. The fourth-order valence-corrected chi connectivity index (χ4v) is 3.82. The highest BCUT2D eigenvalue weighted by Crippen LogP contribution is 2.21. The molecule has 0 spiro atoms. The van der Waals surface area contributed by atoms with Crippen LogP contribution in [0.4, 0.5) is 0 Å². The van der Waals surface area contributed by atoms with E-state index in [-0.39, 0.29) is 24.3 Å². The number of carboxylic acids is 1. The summed E-state index contributed by atoms with van der Waals surface area (Å²) in [6.45, 7) is 2.02. The van der Waals surface area contributed by atoms with E-state index < -0.39 is 11.9 Å². The van der Waals surface area contributed by atoms with Crippen LogP contribution in [0.2, 0.25) is 0 Å². The number of benzene rings is 4. The molecular formula is C30H26O8. The molecule has 0 radical (unpaired) electrons. The van der Waals surface area contributed by atoms with Gasteiger partial charge in [-0.2, -0.15) is 4.89 Å². The van der Waals surface area contributed by atoms with Crippen LogP contribution in [0.5, 0.6) is 11.5 Å². The minimum atomic E-state index is -1.18. The van der Waals surface area contributed by atoms with Crippen LogP contribution < -0.4 is 9.62 Å². The van der Waals surface area contributed by atoms with Crippen LogP contribution >= 0.6 is 0 Å². The van der Waals surface area contributed by atoms with Crippen molar-refractivity contribution < 1.29 is 39.4 Å². The molecule has 4 aromatic carbocycles. The van der Waals surface area contributed by atoms with E-state index in [9.17, 15) is 14.7 Å². The van der Waals surface area contributed by atoms with E-state index in [1.807, 2.05) is 48.5 Å². The molecule has 0 amide bonds. The van der Waals surface area contributed by atoms with Crippen LogP contribution in [-0.2, 0) is 29.4 Å². The highest BCUT2D eigenvalue weighted by atomic mass is 17.2. The van der Waals surface area contributed by atoms with E-state index in [1.165, 1.54) is 12.1 Å². The zero-order valence-electron chi connectivity index (χ0n) is 20.6. The largest absolute Gasteiger partial charge is 0.478 e. The van der Waals surface area contributed by atoms with Gasteiger partial charge in [-0.3, -0.25) is 5.26 Å². The summed E-state index contributed by atoms with van der Waals surface area (Å²) in [4.78, 5) is 39.0. The zero-order chi connectivity index (χ0) is 26.9. The van der Waals surface area contributed by atoms with Crippen molar-refractivity contribution in [1.29, 1.82) is 0 Å². The molecule has 0 aliphatic carbocycles. The second-order valence-corrected chi connectivity index (χ2v) is 8.60. The molecule has 0 unspecified atom stereocenters. The van der Waals surface area contributed by atoms with Crippen LogP contribution in [0.15, 0.2) is 91.0 Å². The Morgan fingerprint density at radius 1 is 0.737 bits per heavy atom. The molecule has 8 heteroatoms. The van der Waals surface area contributed by atoms with Gasteiger partial charge in [0.25, 0.3) is 0 Å². The van der Waals surface area contributed by atoms with Gasteiger partial charge in [-0.25, -0.2) is 14.5 Å². The predicted molar refractivity (Wildman–Crippen MR) is 138 cm³/mol. The Labute approximate surface area is 219 Å². The number of aryl methyl sites for hydroxylation is 1. The molecule has 0 heterocycles. The van der Waals surface area contributed by atoms with Crippen molar-refractivity contribution in [2.75, 3.05) is 0 Å². The summed E-state index contributed by atoms with van der Waals surface area (Å²) in [5, 5.41) is 18.1. The van der Waals surface area contributed by atoms with Crippen molar-refractivity contribution in [3.05, 3.63) is 130 Å². The van der Waals surface area contributed by atoms with E-state index in [1.54, 1.807) is 37.3 Å². The second-order valence-electron chi connectivity index (χ2n) is 8.60. The van der Waals surface area contributed by atoms with Crippen molar-refractivity contribution in [2.24, 2.45) is 0 Å². The highest BCUT2D eigenvalue weighted by molar-refractivity contribution is 6.03. The Kier molecular flexibility index (Phi) is 8.84. The number of rotatable bonds is 11. The van der Waals surface area contributed by atoms with Gasteiger partial charge < -0.3 is 14.7 Å². The van der Waals surface area contributed by atoms with Gasteiger partial charge in [-0.05, 0) is 72.0 Å². The molecule has 4 rings (SSSR count). The summed E-state index contributed by atoms with van der Waals surface area (Å²) >= 11 is 0. The quantitative estimate of drug-likeness (QED) is 0.108. The summed E-state index contributed by atoms with van der Waals surface area (Å²) in [5.74, 6) is -1.04. The van der Waals surface area contributed by atoms with E-state index >= 15 is 0 Å². The molecule has 194 valence electrons. The van der Waals surface area contributed by atoms with Crippen molar-refractivity contribution in [2.45, 2.75) is 26.6 Å². The molecular weight excluding hydrogens is 488 g/mol. The molecule has 0 saturated heterocycles. The average molecular weight is 515 g/mol. The van der Waals surface area contributed by atoms with Gasteiger partial charge in [0, 0.05) is 0 Å². The van der Waals surface area contributed by atoms with Gasteiger partial charge in [-0.1, -0.05) is 60.2 Å². The third-order valence-corrected chi connectivity index (χ3v) is 5.80. The number of hydrogen-bond acceptors (Lipinski definition) is 7. The topological polar surface area (TPSA) is 112 Å². The SMILES string of the molecule is Cc1ccc(C(=O)Oc2ccc(Cc3ccc(OOCc4ccccc4COO)cc3)cc2)c(C(=O)O)c1. The molecule has 0 aromatic heterocycles. The summed E-state index contributed by atoms with van der Waals surface area (Å²) in [5.41, 5.74) is 4.33. The lowest BCUT2D eigenvalue weighted by molar-refractivity contribution is -0.253. The molecule has 0 bridgehead atoms. The molecule has 0 fully saturated rings. The maximum absolute atomic E-state index is 12.5. The Bertz CT molecular complexity index is 1390. The van der Waals surface area contributed by atoms with Crippen LogP contribution in [0, 0.1) is 6.92 Å². The van der Waals surface area contributed by atoms with Gasteiger partial charge in [-0.15, -0.1) is 0 Å². The molecule has 4 aromatic rings. The third-order valence-electron chi connectivity index (χ3n) is 5.80. The van der Waals surface area contributed by atoms with E-state index in [0.717, 1.165) is 27.8 Å². The molecule has 38 heavy (non-hydrogen) atoms. The van der Waals surface area contributed by atoms with Gasteiger partial charge in [0.15, 0.2) is 5.75 Å². The van der Waals surface area contributed by atoms with Gasteiger partial charge in [0.1, 0.15) is 19.0 Å². The first-order chi connectivity index (χ1) is 18.4. The standard InChI is InChI=1S/C30H26O8/c1-20-6-15-27(28(16-20)29(31)32)30(33)37-25-11-7-21(8-12-25)17-22-9-13-26(14-10-22)38-36-19-24-5-3-2-4-23(24)18-35-34/h2-16,34H,17-19H2,1H3,(H,31,32). The Balaban J connectivity index is 1.30. The molecule has 0 aliphatic rings. The fourth-order valence-electron chi connectivity index (χ4n) is 3.82. The Morgan fingerprint density at radius 2 is 1.34 bits per heavy atom. The maximum atomic E-state index is 12.5.